The van der Waals surface area contributed by atoms with Crippen LogP contribution in [0.5, 0.6) is 5.75 Å². The molecule has 0 spiro atoms. The Balaban J connectivity index is 2.75. The van der Waals surface area contributed by atoms with E-state index < -0.39 is 12.1 Å². The number of carboxylic acids is 1. The zero-order valence-electron chi connectivity index (χ0n) is 11.7. The summed E-state index contributed by atoms with van der Waals surface area (Å²) in [4.78, 5) is 11.0. The van der Waals surface area contributed by atoms with Gasteiger partial charge in [-0.05, 0) is 24.6 Å². The molecule has 0 aliphatic heterocycles. The Labute approximate surface area is 117 Å². The minimum absolute atomic E-state index is 0.337. The molecule has 1 aromatic rings. The first-order valence-electron chi connectivity index (χ1n) is 6.46. The highest BCUT2D eigenvalue weighted by atomic mass is 19.1. The fraction of sp³-hybridized carbons (Fsp3) is 0.500. The van der Waals surface area contributed by atoms with E-state index in [1.165, 1.54) is 18.2 Å². The number of benzene rings is 1. The number of methoxy groups -OCH3 is 1. The van der Waals surface area contributed by atoms with Crippen LogP contribution in [0.25, 0.3) is 0 Å². The molecule has 0 fully saturated rings. The number of nitrogens with one attached hydrogen (secondary N) is 1. The number of carbonyl (C=O) groups is 1. The molecule has 0 aliphatic rings. The topological polar surface area (TPSA) is 67.8 Å². The van der Waals surface area contributed by atoms with Gasteiger partial charge in [0.1, 0.15) is 11.6 Å². The van der Waals surface area contributed by atoms with Crippen LogP contribution in [0.3, 0.4) is 0 Å². The van der Waals surface area contributed by atoms with Crippen molar-refractivity contribution in [1.82, 2.24) is 5.32 Å². The number of halogens is 1. The monoisotopic (exact) mass is 285 g/mol. The van der Waals surface area contributed by atoms with Crippen LogP contribution < -0.4 is 10.1 Å². The third-order valence-corrected chi connectivity index (χ3v) is 2.74. The van der Waals surface area contributed by atoms with Gasteiger partial charge in [0.15, 0.2) is 6.10 Å². The first-order valence-corrected chi connectivity index (χ1v) is 6.46. The van der Waals surface area contributed by atoms with Crippen molar-refractivity contribution in [2.75, 3.05) is 20.3 Å². The molecule has 20 heavy (non-hydrogen) atoms. The zero-order valence-corrected chi connectivity index (χ0v) is 11.7. The highest BCUT2D eigenvalue weighted by Gasteiger charge is 2.18. The standard InChI is InChI=1S/C14H20FNO4/c1-3-12(14(17)18)20-13-5-4-11(15)8-10(13)9-16-6-7-19-2/h4-5,8,12,16H,3,6-7,9H2,1-2H3,(H,17,18). The van der Waals surface area contributed by atoms with Gasteiger partial charge in [0.2, 0.25) is 0 Å². The van der Waals surface area contributed by atoms with Crippen molar-refractivity contribution < 1.29 is 23.8 Å². The molecule has 0 amide bonds. The maximum atomic E-state index is 13.3. The molecule has 1 aromatic carbocycles. The van der Waals surface area contributed by atoms with Crippen molar-refractivity contribution in [2.24, 2.45) is 0 Å². The molecule has 112 valence electrons. The van der Waals surface area contributed by atoms with Crippen molar-refractivity contribution >= 4 is 5.97 Å². The molecule has 1 unspecified atom stereocenters. The maximum absolute atomic E-state index is 13.3. The summed E-state index contributed by atoms with van der Waals surface area (Å²) in [7, 11) is 1.59. The van der Waals surface area contributed by atoms with Gasteiger partial charge in [0, 0.05) is 25.8 Å². The van der Waals surface area contributed by atoms with Crippen LogP contribution in [0.15, 0.2) is 18.2 Å². The fourth-order valence-corrected chi connectivity index (χ4v) is 1.66. The van der Waals surface area contributed by atoms with E-state index in [4.69, 9.17) is 14.6 Å². The molecule has 1 rings (SSSR count). The van der Waals surface area contributed by atoms with Crippen molar-refractivity contribution in [3.8, 4) is 5.75 Å². The van der Waals surface area contributed by atoms with Gasteiger partial charge < -0.3 is 19.9 Å². The summed E-state index contributed by atoms with van der Waals surface area (Å²) in [6, 6.07) is 4.04. The Kier molecular flexibility index (Phi) is 6.97. The van der Waals surface area contributed by atoms with E-state index in [0.29, 0.717) is 37.4 Å². The van der Waals surface area contributed by atoms with Crippen LogP contribution in [0.1, 0.15) is 18.9 Å². The summed E-state index contributed by atoms with van der Waals surface area (Å²) >= 11 is 0. The van der Waals surface area contributed by atoms with Crippen molar-refractivity contribution in [2.45, 2.75) is 26.0 Å². The molecular weight excluding hydrogens is 265 g/mol. The van der Waals surface area contributed by atoms with E-state index >= 15 is 0 Å². The summed E-state index contributed by atoms with van der Waals surface area (Å²) in [5.41, 5.74) is 0.584. The van der Waals surface area contributed by atoms with E-state index in [1.807, 2.05) is 0 Å². The predicted octanol–water partition coefficient (Wildman–Crippen LogP) is 1.80. The van der Waals surface area contributed by atoms with E-state index in [0.717, 1.165) is 0 Å². The Morgan fingerprint density at radius 3 is 2.85 bits per heavy atom. The molecular formula is C14H20FNO4. The first-order chi connectivity index (χ1) is 9.58. The molecule has 1 atom stereocenters. The van der Waals surface area contributed by atoms with E-state index in [2.05, 4.69) is 5.32 Å². The first kappa shape index (κ1) is 16.4. The van der Waals surface area contributed by atoms with Gasteiger partial charge in [-0.15, -0.1) is 0 Å². The Morgan fingerprint density at radius 1 is 1.50 bits per heavy atom. The normalized spacial score (nSPS) is 12.2. The Morgan fingerprint density at radius 2 is 2.25 bits per heavy atom. The number of rotatable bonds is 9. The second-order valence-corrected chi connectivity index (χ2v) is 4.27. The van der Waals surface area contributed by atoms with Gasteiger partial charge in [-0.3, -0.25) is 0 Å². The molecule has 2 N–H and O–H groups in total. The smallest absolute Gasteiger partial charge is 0.344 e. The third-order valence-electron chi connectivity index (χ3n) is 2.74. The predicted molar refractivity (Wildman–Crippen MR) is 72.3 cm³/mol. The molecule has 0 aliphatic carbocycles. The summed E-state index contributed by atoms with van der Waals surface area (Å²) < 4.78 is 23.6. The van der Waals surface area contributed by atoms with E-state index in [1.54, 1.807) is 14.0 Å². The maximum Gasteiger partial charge on any atom is 0.344 e. The van der Waals surface area contributed by atoms with Gasteiger partial charge in [-0.25, -0.2) is 9.18 Å². The fourth-order valence-electron chi connectivity index (χ4n) is 1.66. The van der Waals surface area contributed by atoms with E-state index in [9.17, 15) is 9.18 Å². The van der Waals surface area contributed by atoms with Crippen LogP contribution in [-0.4, -0.2) is 37.4 Å². The van der Waals surface area contributed by atoms with Crippen LogP contribution >= 0.6 is 0 Å². The lowest BCUT2D eigenvalue weighted by Gasteiger charge is -2.16. The van der Waals surface area contributed by atoms with Crippen molar-refractivity contribution in [1.29, 1.82) is 0 Å². The minimum atomic E-state index is -1.03. The lowest BCUT2D eigenvalue weighted by atomic mass is 10.2. The number of carboxylic acid groups (broad SMARTS) is 1. The summed E-state index contributed by atoms with van der Waals surface area (Å²) in [6.45, 7) is 3.26. The molecule has 0 saturated heterocycles. The van der Waals surface area contributed by atoms with Gasteiger partial charge in [0.05, 0.1) is 6.61 Å². The number of aliphatic carboxylic acids is 1. The second kappa shape index (κ2) is 8.50. The highest BCUT2D eigenvalue weighted by molar-refractivity contribution is 5.72. The SMILES string of the molecule is CCC(Oc1ccc(F)cc1CNCCOC)C(=O)O. The summed E-state index contributed by atoms with van der Waals surface area (Å²) in [5.74, 6) is -1.04. The Bertz CT molecular complexity index is 439. The summed E-state index contributed by atoms with van der Waals surface area (Å²) in [6.07, 6.45) is -0.596. The third kappa shape index (κ3) is 5.14. The van der Waals surface area contributed by atoms with Crippen molar-refractivity contribution in [3.05, 3.63) is 29.6 Å². The van der Waals surface area contributed by atoms with Crippen molar-refractivity contribution in [3.63, 3.8) is 0 Å². The molecule has 0 bridgehead atoms. The number of hydrogen-bond acceptors (Lipinski definition) is 4. The average Bonchev–Trinajstić information content (AvgIpc) is 2.42. The minimum Gasteiger partial charge on any atom is -0.479 e. The average molecular weight is 285 g/mol. The lowest BCUT2D eigenvalue weighted by Crippen LogP contribution is -2.27. The Hall–Kier alpha value is -1.66. The molecule has 5 nitrogen and oxygen atoms in total. The number of ether oxygens (including phenoxy) is 2. The molecule has 0 heterocycles. The molecule has 0 aromatic heterocycles. The molecule has 0 saturated carbocycles. The molecule has 0 radical (unpaired) electrons. The van der Waals surface area contributed by atoms with Crippen LogP contribution in [0.2, 0.25) is 0 Å². The van der Waals surface area contributed by atoms with Gasteiger partial charge >= 0.3 is 5.97 Å². The zero-order chi connectivity index (χ0) is 15.0. The van der Waals surface area contributed by atoms with Crippen LogP contribution in [0.4, 0.5) is 4.39 Å². The number of hydrogen-bond donors (Lipinski definition) is 2. The van der Waals surface area contributed by atoms with Gasteiger partial charge in [-0.2, -0.15) is 0 Å². The largest absolute Gasteiger partial charge is 0.479 e. The molecule has 6 heteroatoms. The van der Waals surface area contributed by atoms with E-state index in [-0.39, 0.29) is 5.82 Å². The highest BCUT2D eigenvalue weighted by Crippen LogP contribution is 2.21. The van der Waals surface area contributed by atoms with Gasteiger partial charge in [0.25, 0.3) is 0 Å². The summed E-state index contributed by atoms with van der Waals surface area (Å²) in [5, 5.41) is 12.1. The lowest BCUT2D eigenvalue weighted by molar-refractivity contribution is -0.145. The second-order valence-electron chi connectivity index (χ2n) is 4.27. The quantitative estimate of drug-likeness (QED) is 0.677. The van der Waals surface area contributed by atoms with Gasteiger partial charge in [-0.1, -0.05) is 6.92 Å². The van der Waals surface area contributed by atoms with Crippen LogP contribution in [-0.2, 0) is 16.1 Å². The van der Waals surface area contributed by atoms with Crippen LogP contribution in [0, 0.1) is 5.82 Å².